The SMILES string of the molecule is COc1cccc(/C=C2/SC(=Nc3cccc(Cl)c3Cl)NC2=O)c1OCc1cccc(C(=O)O)c1. The summed E-state index contributed by atoms with van der Waals surface area (Å²) in [7, 11) is 1.51. The maximum absolute atomic E-state index is 12.6. The fourth-order valence-electron chi connectivity index (χ4n) is 3.22. The molecule has 3 aromatic carbocycles. The highest BCUT2D eigenvalue weighted by molar-refractivity contribution is 8.18. The summed E-state index contributed by atoms with van der Waals surface area (Å²) in [6.45, 7) is 0.108. The molecule has 0 spiro atoms. The van der Waals surface area contributed by atoms with E-state index < -0.39 is 5.97 Å². The number of hydrogen-bond acceptors (Lipinski definition) is 6. The van der Waals surface area contributed by atoms with E-state index in [1.807, 2.05) is 0 Å². The fourth-order valence-corrected chi connectivity index (χ4v) is 4.38. The molecule has 1 saturated heterocycles. The van der Waals surface area contributed by atoms with Gasteiger partial charge in [-0.2, -0.15) is 0 Å². The van der Waals surface area contributed by atoms with E-state index in [1.165, 1.54) is 13.2 Å². The summed E-state index contributed by atoms with van der Waals surface area (Å²) in [6, 6.07) is 16.8. The smallest absolute Gasteiger partial charge is 0.335 e. The largest absolute Gasteiger partial charge is 0.493 e. The first-order valence-corrected chi connectivity index (χ1v) is 11.8. The molecule has 7 nitrogen and oxygen atoms in total. The third-order valence-electron chi connectivity index (χ3n) is 4.88. The number of halogens is 2. The fraction of sp³-hybridized carbons (Fsp3) is 0.0800. The van der Waals surface area contributed by atoms with Crippen LogP contribution in [-0.4, -0.2) is 29.3 Å². The van der Waals surface area contributed by atoms with Crippen molar-refractivity contribution in [1.29, 1.82) is 0 Å². The first-order chi connectivity index (χ1) is 16.9. The lowest BCUT2D eigenvalue weighted by Gasteiger charge is -2.14. The van der Waals surface area contributed by atoms with E-state index in [4.69, 9.17) is 32.7 Å². The second-order valence-electron chi connectivity index (χ2n) is 7.23. The highest BCUT2D eigenvalue weighted by Crippen LogP contribution is 2.37. The number of para-hydroxylation sites is 1. The van der Waals surface area contributed by atoms with Crippen molar-refractivity contribution in [1.82, 2.24) is 5.32 Å². The van der Waals surface area contributed by atoms with Gasteiger partial charge in [0.15, 0.2) is 16.7 Å². The van der Waals surface area contributed by atoms with Gasteiger partial charge in [-0.05, 0) is 53.7 Å². The number of carbonyl (C=O) groups excluding carboxylic acids is 1. The Bertz CT molecular complexity index is 1370. The molecule has 0 saturated carbocycles. The van der Waals surface area contributed by atoms with E-state index in [9.17, 15) is 14.7 Å². The van der Waals surface area contributed by atoms with Crippen molar-refractivity contribution >= 4 is 63.8 Å². The average Bonchev–Trinajstić information content (AvgIpc) is 3.19. The highest BCUT2D eigenvalue weighted by Gasteiger charge is 2.25. The summed E-state index contributed by atoms with van der Waals surface area (Å²) in [4.78, 5) is 28.7. The van der Waals surface area contributed by atoms with Gasteiger partial charge < -0.3 is 19.9 Å². The number of carboxylic acid groups (broad SMARTS) is 1. The summed E-state index contributed by atoms with van der Waals surface area (Å²) in [5, 5.41) is 13.0. The van der Waals surface area contributed by atoms with Gasteiger partial charge in [-0.1, -0.05) is 53.5 Å². The number of nitrogens with one attached hydrogen (secondary N) is 1. The van der Waals surface area contributed by atoms with Crippen LogP contribution in [0.5, 0.6) is 11.5 Å². The summed E-state index contributed by atoms with van der Waals surface area (Å²) in [5.74, 6) is -0.457. The molecule has 0 aromatic heterocycles. The van der Waals surface area contributed by atoms with E-state index >= 15 is 0 Å². The number of benzene rings is 3. The summed E-state index contributed by atoms with van der Waals surface area (Å²) < 4.78 is 11.5. The quantitative estimate of drug-likeness (QED) is 0.356. The third kappa shape index (κ3) is 5.79. The zero-order valence-corrected chi connectivity index (χ0v) is 20.6. The average molecular weight is 529 g/mol. The van der Waals surface area contributed by atoms with Gasteiger partial charge in [0, 0.05) is 5.56 Å². The molecule has 1 fully saturated rings. The molecule has 1 aliphatic rings. The van der Waals surface area contributed by atoms with Crippen molar-refractivity contribution in [3.05, 3.63) is 92.3 Å². The molecule has 1 aliphatic heterocycles. The number of amidine groups is 1. The molecular weight excluding hydrogens is 511 g/mol. The Morgan fingerprint density at radius 3 is 2.69 bits per heavy atom. The summed E-state index contributed by atoms with van der Waals surface area (Å²) >= 11 is 13.4. The number of amides is 1. The number of thioether (sulfide) groups is 1. The van der Waals surface area contributed by atoms with Crippen molar-refractivity contribution in [2.24, 2.45) is 4.99 Å². The third-order valence-corrected chi connectivity index (χ3v) is 6.60. The van der Waals surface area contributed by atoms with Gasteiger partial charge in [0.1, 0.15) is 6.61 Å². The first-order valence-electron chi connectivity index (χ1n) is 10.2. The van der Waals surface area contributed by atoms with Crippen LogP contribution in [-0.2, 0) is 11.4 Å². The lowest BCUT2D eigenvalue weighted by Crippen LogP contribution is -2.19. The first kappa shape index (κ1) is 24.7. The van der Waals surface area contributed by atoms with E-state index in [0.29, 0.717) is 48.4 Å². The van der Waals surface area contributed by atoms with Crippen LogP contribution in [0, 0.1) is 0 Å². The second kappa shape index (κ2) is 10.9. The Morgan fingerprint density at radius 2 is 1.91 bits per heavy atom. The van der Waals surface area contributed by atoms with Gasteiger partial charge in [0.2, 0.25) is 0 Å². The summed E-state index contributed by atoms with van der Waals surface area (Å²) in [5.41, 5.74) is 1.89. The Balaban J connectivity index is 1.60. The molecular formula is C25H18Cl2N2O5S. The van der Waals surface area contributed by atoms with Gasteiger partial charge in [-0.3, -0.25) is 4.79 Å². The van der Waals surface area contributed by atoms with Crippen LogP contribution < -0.4 is 14.8 Å². The van der Waals surface area contributed by atoms with Crippen LogP contribution in [0.3, 0.4) is 0 Å². The molecule has 0 radical (unpaired) electrons. The Hall–Kier alpha value is -3.46. The van der Waals surface area contributed by atoms with E-state index in [2.05, 4.69) is 10.3 Å². The molecule has 35 heavy (non-hydrogen) atoms. The van der Waals surface area contributed by atoms with Gasteiger partial charge in [0.25, 0.3) is 5.91 Å². The van der Waals surface area contributed by atoms with Crippen LogP contribution in [0.1, 0.15) is 21.5 Å². The number of hydrogen-bond donors (Lipinski definition) is 2. The highest BCUT2D eigenvalue weighted by atomic mass is 35.5. The van der Waals surface area contributed by atoms with Crippen molar-refractivity contribution in [2.75, 3.05) is 7.11 Å². The van der Waals surface area contributed by atoms with Crippen LogP contribution in [0.2, 0.25) is 10.0 Å². The van der Waals surface area contributed by atoms with Gasteiger partial charge in [0.05, 0.1) is 33.3 Å². The molecule has 1 amide bonds. The van der Waals surface area contributed by atoms with Crippen LogP contribution in [0.15, 0.2) is 70.6 Å². The Labute approximate surface area is 215 Å². The molecule has 0 bridgehead atoms. The van der Waals surface area contributed by atoms with Crippen molar-refractivity contribution in [3.8, 4) is 11.5 Å². The predicted octanol–water partition coefficient (Wildman–Crippen LogP) is 6.17. The minimum absolute atomic E-state index is 0.108. The number of ether oxygens (including phenoxy) is 2. The number of carbonyl (C=O) groups is 2. The molecule has 2 N–H and O–H groups in total. The molecule has 3 aromatic rings. The van der Waals surface area contributed by atoms with Crippen LogP contribution in [0.25, 0.3) is 6.08 Å². The van der Waals surface area contributed by atoms with E-state index in [1.54, 1.807) is 60.7 Å². The Kier molecular flexibility index (Phi) is 7.65. The number of rotatable bonds is 7. The zero-order valence-electron chi connectivity index (χ0n) is 18.2. The minimum Gasteiger partial charge on any atom is -0.493 e. The Morgan fingerprint density at radius 1 is 1.14 bits per heavy atom. The maximum Gasteiger partial charge on any atom is 0.335 e. The van der Waals surface area contributed by atoms with Gasteiger partial charge >= 0.3 is 5.97 Å². The molecule has 4 rings (SSSR count). The van der Waals surface area contributed by atoms with Crippen molar-refractivity contribution in [2.45, 2.75) is 6.61 Å². The van der Waals surface area contributed by atoms with E-state index in [0.717, 1.165) is 11.8 Å². The number of aromatic carboxylic acids is 1. The topological polar surface area (TPSA) is 97.2 Å². The van der Waals surface area contributed by atoms with Gasteiger partial charge in [-0.15, -0.1) is 0 Å². The lowest BCUT2D eigenvalue weighted by molar-refractivity contribution is -0.115. The molecule has 0 atom stereocenters. The monoisotopic (exact) mass is 528 g/mol. The minimum atomic E-state index is -1.02. The van der Waals surface area contributed by atoms with Crippen LogP contribution in [0.4, 0.5) is 5.69 Å². The second-order valence-corrected chi connectivity index (χ2v) is 9.04. The molecule has 178 valence electrons. The number of methoxy groups -OCH3 is 1. The standard InChI is InChI=1S/C25H18Cl2N2O5S/c1-33-19-10-3-6-15(22(19)34-13-14-5-2-7-16(11-14)24(31)32)12-20-23(30)29-25(35-20)28-18-9-4-8-17(26)21(18)27/h2-12H,13H2,1H3,(H,31,32)(H,28,29,30)/b20-12+. The zero-order chi connectivity index (χ0) is 24.9. The number of aliphatic imine (C=N–C) groups is 1. The van der Waals surface area contributed by atoms with Crippen LogP contribution >= 0.6 is 35.0 Å². The molecule has 0 unspecified atom stereocenters. The number of nitrogens with zero attached hydrogens (tertiary/aromatic N) is 1. The molecule has 10 heteroatoms. The van der Waals surface area contributed by atoms with E-state index in [-0.39, 0.29) is 18.1 Å². The molecule has 1 heterocycles. The summed E-state index contributed by atoms with van der Waals surface area (Å²) in [6.07, 6.45) is 1.67. The van der Waals surface area contributed by atoms with Crippen molar-refractivity contribution in [3.63, 3.8) is 0 Å². The molecule has 0 aliphatic carbocycles. The van der Waals surface area contributed by atoms with Gasteiger partial charge in [-0.25, -0.2) is 9.79 Å². The normalized spacial score (nSPS) is 15.3. The predicted molar refractivity (Wildman–Crippen MR) is 138 cm³/mol. The van der Waals surface area contributed by atoms with Crippen molar-refractivity contribution < 1.29 is 24.2 Å². The maximum atomic E-state index is 12.6. The lowest BCUT2D eigenvalue weighted by atomic mass is 10.1. The number of carboxylic acids is 1.